The first-order valence-electron chi connectivity index (χ1n) is 7.10. The number of methoxy groups -OCH3 is 3. The van der Waals surface area contributed by atoms with Gasteiger partial charge in [-0.3, -0.25) is 4.79 Å². The Bertz CT molecular complexity index is 624. The molecule has 0 aliphatic carbocycles. The molecular weight excluding hydrogens is 296 g/mol. The van der Waals surface area contributed by atoms with Crippen LogP contribution in [0.2, 0.25) is 0 Å². The second-order valence-electron chi connectivity index (χ2n) is 4.80. The number of carbonyl (C=O) groups is 1. The molecule has 1 atom stereocenters. The first-order chi connectivity index (χ1) is 11.2. The van der Waals surface area contributed by atoms with Crippen LogP contribution in [0.25, 0.3) is 0 Å². The van der Waals surface area contributed by atoms with E-state index in [1.165, 1.54) is 14.2 Å². The largest absolute Gasteiger partial charge is 0.497 e. The topological polar surface area (TPSA) is 54.0 Å². The Kier molecular flexibility index (Phi) is 5.87. The molecule has 2 rings (SSSR count). The standard InChI is InChI=1S/C18H20O5/c1-20-13-23-18(22-3,15-7-5-4-6-8-15)17(19)14-9-11-16(21-2)12-10-14/h4-12H,13H2,1-3H3. The monoisotopic (exact) mass is 316 g/mol. The first-order valence-corrected chi connectivity index (χ1v) is 7.10. The van der Waals surface area contributed by atoms with Crippen LogP contribution in [0, 0.1) is 0 Å². The third-order valence-electron chi connectivity index (χ3n) is 3.47. The molecule has 0 saturated carbocycles. The lowest BCUT2D eigenvalue weighted by Gasteiger charge is -2.31. The minimum atomic E-state index is -1.56. The van der Waals surface area contributed by atoms with Crippen LogP contribution < -0.4 is 4.74 Å². The Labute approximate surface area is 135 Å². The summed E-state index contributed by atoms with van der Waals surface area (Å²) < 4.78 is 21.3. The predicted octanol–water partition coefficient (Wildman–Crippen LogP) is 3.00. The van der Waals surface area contributed by atoms with E-state index in [0.29, 0.717) is 16.9 Å². The summed E-state index contributed by atoms with van der Waals surface area (Å²) in [5.74, 6) is -1.21. The Balaban J connectivity index is 2.44. The molecule has 0 heterocycles. The number of benzene rings is 2. The van der Waals surface area contributed by atoms with Crippen molar-refractivity contribution < 1.29 is 23.7 Å². The molecule has 23 heavy (non-hydrogen) atoms. The molecule has 0 bridgehead atoms. The van der Waals surface area contributed by atoms with Gasteiger partial charge in [0.2, 0.25) is 5.78 Å². The maximum atomic E-state index is 13.1. The van der Waals surface area contributed by atoms with Crippen molar-refractivity contribution in [3.8, 4) is 5.75 Å². The summed E-state index contributed by atoms with van der Waals surface area (Å²) in [5, 5.41) is 0. The number of ether oxygens (including phenoxy) is 4. The van der Waals surface area contributed by atoms with Gasteiger partial charge in [0.25, 0.3) is 5.79 Å². The van der Waals surface area contributed by atoms with Gasteiger partial charge in [-0.05, 0) is 24.3 Å². The maximum Gasteiger partial charge on any atom is 0.263 e. The van der Waals surface area contributed by atoms with Crippen LogP contribution >= 0.6 is 0 Å². The smallest absolute Gasteiger partial charge is 0.263 e. The van der Waals surface area contributed by atoms with E-state index < -0.39 is 5.79 Å². The summed E-state index contributed by atoms with van der Waals surface area (Å²) in [4.78, 5) is 13.1. The number of ketones is 1. The molecule has 1 unspecified atom stereocenters. The molecule has 0 aliphatic rings. The van der Waals surface area contributed by atoms with Crippen molar-refractivity contribution in [2.24, 2.45) is 0 Å². The summed E-state index contributed by atoms with van der Waals surface area (Å²) in [6.45, 7) is -0.0787. The van der Waals surface area contributed by atoms with Gasteiger partial charge in [-0.25, -0.2) is 0 Å². The van der Waals surface area contributed by atoms with E-state index in [2.05, 4.69) is 0 Å². The fourth-order valence-corrected chi connectivity index (χ4v) is 2.28. The van der Waals surface area contributed by atoms with Gasteiger partial charge >= 0.3 is 0 Å². The van der Waals surface area contributed by atoms with Gasteiger partial charge in [0.1, 0.15) is 5.75 Å². The zero-order chi connectivity index (χ0) is 16.7. The lowest BCUT2D eigenvalue weighted by atomic mass is 9.95. The Hall–Kier alpha value is -2.21. The Morgan fingerprint density at radius 2 is 1.61 bits per heavy atom. The van der Waals surface area contributed by atoms with E-state index in [0.717, 1.165) is 0 Å². The molecule has 0 N–H and O–H groups in total. The van der Waals surface area contributed by atoms with Crippen molar-refractivity contribution in [2.75, 3.05) is 28.1 Å². The van der Waals surface area contributed by atoms with E-state index in [1.54, 1.807) is 43.5 Å². The Morgan fingerprint density at radius 3 is 2.13 bits per heavy atom. The number of hydrogen-bond acceptors (Lipinski definition) is 5. The van der Waals surface area contributed by atoms with Gasteiger partial charge < -0.3 is 18.9 Å². The summed E-state index contributed by atoms with van der Waals surface area (Å²) in [6, 6.07) is 15.8. The average Bonchev–Trinajstić information content (AvgIpc) is 2.63. The zero-order valence-corrected chi connectivity index (χ0v) is 13.4. The highest BCUT2D eigenvalue weighted by Gasteiger charge is 2.42. The molecule has 0 saturated heterocycles. The molecule has 2 aromatic rings. The molecule has 2 aromatic carbocycles. The number of carbonyl (C=O) groups excluding carboxylic acids is 1. The SMILES string of the molecule is COCOC(OC)(C(=O)c1ccc(OC)cc1)c1ccccc1. The van der Waals surface area contributed by atoms with Gasteiger partial charge in [0.05, 0.1) is 7.11 Å². The van der Waals surface area contributed by atoms with Gasteiger partial charge in [-0.2, -0.15) is 0 Å². The van der Waals surface area contributed by atoms with E-state index >= 15 is 0 Å². The normalized spacial score (nSPS) is 13.3. The first kappa shape index (κ1) is 17.1. The van der Waals surface area contributed by atoms with E-state index in [9.17, 15) is 4.79 Å². The average molecular weight is 316 g/mol. The summed E-state index contributed by atoms with van der Waals surface area (Å²) in [6.07, 6.45) is 0. The minimum absolute atomic E-state index is 0.0787. The van der Waals surface area contributed by atoms with Crippen LogP contribution in [-0.2, 0) is 20.0 Å². The molecule has 0 spiro atoms. The molecule has 0 radical (unpaired) electrons. The van der Waals surface area contributed by atoms with Crippen LogP contribution in [0.1, 0.15) is 15.9 Å². The van der Waals surface area contributed by atoms with Crippen LogP contribution in [0.5, 0.6) is 5.75 Å². The number of hydrogen-bond donors (Lipinski definition) is 0. The highest BCUT2D eigenvalue weighted by Crippen LogP contribution is 2.31. The van der Waals surface area contributed by atoms with Crippen molar-refractivity contribution >= 4 is 5.78 Å². The number of rotatable bonds is 8. The minimum Gasteiger partial charge on any atom is -0.497 e. The van der Waals surface area contributed by atoms with E-state index in [1.807, 2.05) is 18.2 Å². The van der Waals surface area contributed by atoms with E-state index in [-0.39, 0.29) is 12.6 Å². The molecule has 0 aliphatic heterocycles. The molecule has 122 valence electrons. The van der Waals surface area contributed by atoms with Gasteiger partial charge in [0.15, 0.2) is 6.79 Å². The molecule has 0 aromatic heterocycles. The molecule has 0 amide bonds. The molecular formula is C18H20O5. The van der Waals surface area contributed by atoms with Crippen molar-refractivity contribution in [3.05, 3.63) is 65.7 Å². The third kappa shape index (κ3) is 3.59. The van der Waals surface area contributed by atoms with Crippen LogP contribution in [0.15, 0.2) is 54.6 Å². The summed E-state index contributed by atoms with van der Waals surface area (Å²) in [7, 11) is 4.50. The summed E-state index contributed by atoms with van der Waals surface area (Å²) >= 11 is 0. The highest BCUT2D eigenvalue weighted by molar-refractivity contribution is 6.02. The second-order valence-corrected chi connectivity index (χ2v) is 4.80. The molecule has 5 nitrogen and oxygen atoms in total. The van der Waals surface area contributed by atoms with Gasteiger partial charge in [-0.1, -0.05) is 30.3 Å². The van der Waals surface area contributed by atoms with E-state index in [4.69, 9.17) is 18.9 Å². The third-order valence-corrected chi connectivity index (χ3v) is 3.47. The van der Waals surface area contributed by atoms with Crippen LogP contribution in [0.3, 0.4) is 0 Å². The number of Topliss-reactive ketones (excluding diaryl/α,β-unsaturated/α-hetero) is 1. The van der Waals surface area contributed by atoms with Crippen molar-refractivity contribution in [2.45, 2.75) is 5.79 Å². The fraction of sp³-hybridized carbons (Fsp3) is 0.278. The second kappa shape index (κ2) is 7.87. The van der Waals surface area contributed by atoms with Gasteiger partial charge in [-0.15, -0.1) is 0 Å². The summed E-state index contributed by atoms with van der Waals surface area (Å²) in [5.41, 5.74) is 1.05. The maximum absolute atomic E-state index is 13.1. The predicted molar refractivity (Wildman–Crippen MR) is 85.4 cm³/mol. The van der Waals surface area contributed by atoms with Crippen molar-refractivity contribution in [1.82, 2.24) is 0 Å². The van der Waals surface area contributed by atoms with Crippen molar-refractivity contribution in [1.29, 1.82) is 0 Å². The zero-order valence-electron chi connectivity index (χ0n) is 13.4. The quantitative estimate of drug-likeness (QED) is 0.553. The lowest BCUT2D eigenvalue weighted by molar-refractivity contribution is -0.232. The van der Waals surface area contributed by atoms with Crippen LogP contribution in [-0.4, -0.2) is 33.9 Å². The van der Waals surface area contributed by atoms with Crippen LogP contribution in [0.4, 0.5) is 0 Å². The van der Waals surface area contributed by atoms with Crippen molar-refractivity contribution in [3.63, 3.8) is 0 Å². The Morgan fingerprint density at radius 1 is 0.957 bits per heavy atom. The highest BCUT2D eigenvalue weighted by atomic mass is 16.8. The lowest BCUT2D eigenvalue weighted by Crippen LogP contribution is -2.41. The molecule has 5 heteroatoms. The molecule has 0 fully saturated rings. The van der Waals surface area contributed by atoms with Gasteiger partial charge in [0, 0.05) is 25.3 Å². The fourth-order valence-electron chi connectivity index (χ4n) is 2.28.